The first kappa shape index (κ1) is 15.7. The molecule has 2 heterocycles. The molecule has 0 saturated heterocycles. The normalized spacial score (nSPS) is 23.5. The Hall–Kier alpha value is -1.15. The van der Waals surface area contributed by atoms with Crippen LogP contribution in [0.25, 0.3) is 0 Å². The highest BCUT2D eigenvalue weighted by Crippen LogP contribution is 2.39. The molecule has 0 bridgehead atoms. The lowest BCUT2D eigenvalue weighted by molar-refractivity contribution is -0.125. The fourth-order valence-corrected chi connectivity index (χ4v) is 3.82. The van der Waals surface area contributed by atoms with E-state index in [9.17, 15) is 9.59 Å². The van der Waals surface area contributed by atoms with E-state index >= 15 is 0 Å². The topological polar surface area (TPSA) is 61.4 Å². The van der Waals surface area contributed by atoms with Gasteiger partial charge in [-0.3, -0.25) is 18.0 Å². The van der Waals surface area contributed by atoms with Crippen LogP contribution in [0.4, 0.5) is 5.69 Å². The molecule has 5 nitrogen and oxygen atoms in total. The van der Waals surface area contributed by atoms with Gasteiger partial charge in [-0.15, -0.1) is 0 Å². The first-order valence-corrected chi connectivity index (χ1v) is 8.71. The fourth-order valence-electron chi connectivity index (χ4n) is 3.46. The van der Waals surface area contributed by atoms with E-state index in [0.29, 0.717) is 6.42 Å². The average Bonchev–Trinajstić information content (AvgIpc) is 2.83. The summed E-state index contributed by atoms with van der Waals surface area (Å²) in [5.74, 6) is -0.0938. The summed E-state index contributed by atoms with van der Waals surface area (Å²) in [4.78, 5) is 27.0. The minimum atomic E-state index is -0.435. The molecular formula is C16H20IN3O2. The number of hydrogen-bond donors (Lipinski definition) is 2. The quantitative estimate of drug-likeness (QED) is 0.586. The van der Waals surface area contributed by atoms with Crippen LogP contribution in [-0.4, -0.2) is 29.9 Å². The average molecular weight is 413 g/mol. The van der Waals surface area contributed by atoms with Gasteiger partial charge in [-0.25, -0.2) is 0 Å². The van der Waals surface area contributed by atoms with Gasteiger partial charge >= 0.3 is 0 Å². The number of rotatable bonds is 3. The molecule has 118 valence electrons. The summed E-state index contributed by atoms with van der Waals surface area (Å²) in [7, 11) is 0. The Morgan fingerprint density at radius 3 is 2.77 bits per heavy atom. The Morgan fingerprint density at radius 2 is 2.09 bits per heavy atom. The lowest BCUT2D eigenvalue weighted by Crippen LogP contribution is -2.53. The Bertz CT molecular complexity index is 617. The Morgan fingerprint density at radius 1 is 1.36 bits per heavy atom. The van der Waals surface area contributed by atoms with Crippen molar-refractivity contribution in [3.63, 3.8) is 0 Å². The van der Waals surface area contributed by atoms with Gasteiger partial charge in [0.2, 0.25) is 5.91 Å². The maximum atomic E-state index is 13.0. The van der Waals surface area contributed by atoms with Crippen LogP contribution in [0, 0.1) is 0 Å². The Labute approximate surface area is 144 Å². The monoisotopic (exact) mass is 413 g/mol. The molecule has 2 atom stereocenters. The second-order valence-corrected chi connectivity index (χ2v) is 6.76. The third kappa shape index (κ3) is 2.62. The van der Waals surface area contributed by atoms with Crippen molar-refractivity contribution < 1.29 is 9.59 Å². The van der Waals surface area contributed by atoms with Crippen molar-refractivity contribution in [2.75, 3.05) is 4.90 Å². The first-order chi connectivity index (χ1) is 10.5. The molecule has 22 heavy (non-hydrogen) atoms. The predicted octanol–water partition coefficient (Wildman–Crippen LogP) is 1.72. The highest BCUT2D eigenvalue weighted by molar-refractivity contribution is 14.1. The van der Waals surface area contributed by atoms with Crippen LogP contribution < -0.4 is 13.7 Å². The van der Waals surface area contributed by atoms with Crippen molar-refractivity contribution in [1.82, 2.24) is 8.85 Å². The van der Waals surface area contributed by atoms with E-state index in [2.05, 4.69) is 14.9 Å². The van der Waals surface area contributed by atoms with E-state index in [1.807, 2.05) is 48.8 Å². The number of aryl methyl sites for hydroxylation is 1. The molecule has 2 aliphatic heterocycles. The van der Waals surface area contributed by atoms with Gasteiger partial charge in [0.05, 0.1) is 34.6 Å². The number of carbonyl (C=O) groups excluding carboxylic acids is 2. The molecular weight excluding hydrogens is 393 g/mol. The standard InChI is InChI=1S/C16H20IN3O2/c1-9(2)18-12-7-6-10-4-3-5-11-8-13(15(21)19-17)20(14(10)11)16(12)22/h3-5,9,12-13,18H,6-8H2,1-2H3,(H,19,21)/t12-,13+/m0/s1. The van der Waals surface area contributed by atoms with E-state index in [4.69, 9.17) is 0 Å². The van der Waals surface area contributed by atoms with Crippen LogP contribution in [-0.2, 0) is 22.4 Å². The summed E-state index contributed by atoms with van der Waals surface area (Å²) >= 11 is 1.84. The fraction of sp³-hybridized carbons (Fsp3) is 0.500. The zero-order valence-corrected chi connectivity index (χ0v) is 14.9. The molecule has 0 aliphatic carbocycles. The number of carbonyl (C=O) groups is 2. The van der Waals surface area contributed by atoms with E-state index in [1.54, 1.807) is 4.90 Å². The lowest BCUT2D eigenvalue weighted by Gasteiger charge is -2.28. The van der Waals surface area contributed by atoms with Crippen LogP contribution in [0.2, 0.25) is 0 Å². The molecule has 2 N–H and O–H groups in total. The van der Waals surface area contributed by atoms with Crippen molar-refractivity contribution in [2.24, 2.45) is 0 Å². The molecule has 0 saturated carbocycles. The predicted molar refractivity (Wildman–Crippen MR) is 94.0 cm³/mol. The van der Waals surface area contributed by atoms with Crippen molar-refractivity contribution in [2.45, 2.75) is 51.2 Å². The maximum Gasteiger partial charge on any atom is 0.252 e. The van der Waals surface area contributed by atoms with E-state index in [0.717, 1.165) is 24.1 Å². The van der Waals surface area contributed by atoms with Gasteiger partial charge in [0, 0.05) is 12.5 Å². The number of anilines is 1. The highest BCUT2D eigenvalue weighted by Gasteiger charge is 2.43. The minimum Gasteiger partial charge on any atom is -0.304 e. The number of halogens is 1. The summed E-state index contributed by atoms with van der Waals surface area (Å²) in [5.41, 5.74) is 3.23. The molecule has 3 rings (SSSR count). The summed E-state index contributed by atoms with van der Waals surface area (Å²) in [6, 6.07) is 5.68. The number of hydrogen-bond acceptors (Lipinski definition) is 3. The van der Waals surface area contributed by atoms with Crippen LogP contribution in [0.3, 0.4) is 0 Å². The van der Waals surface area contributed by atoms with Crippen LogP contribution >= 0.6 is 22.9 Å². The molecule has 0 aromatic heterocycles. The van der Waals surface area contributed by atoms with E-state index in [1.165, 1.54) is 5.56 Å². The third-order valence-electron chi connectivity index (χ3n) is 4.34. The molecule has 0 spiro atoms. The van der Waals surface area contributed by atoms with Crippen molar-refractivity contribution in [3.8, 4) is 0 Å². The number of para-hydroxylation sites is 1. The van der Waals surface area contributed by atoms with Gasteiger partial charge < -0.3 is 5.32 Å². The van der Waals surface area contributed by atoms with Crippen molar-refractivity contribution >= 4 is 40.4 Å². The Balaban J connectivity index is 2.03. The smallest absolute Gasteiger partial charge is 0.252 e. The van der Waals surface area contributed by atoms with Crippen LogP contribution in [0.15, 0.2) is 18.2 Å². The summed E-state index contributed by atoms with van der Waals surface area (Å²) in [6.07, 6.45) is 2.22. The molecule has 0 unspecified atom stereocenters. The summed E-state index contributed by atoms with van der Waals surface area (Å²) in [6.45, 7) is 4.07. The molecule has 0 radical (unpaired) electrons. The molecule has 2 aliphatic rings. The van der Waals surface area contributed by atoms with Gasteiger partial charge in [-0.05, 0) is 24.0 Å². The van der Waals surface area contributed by atoms with Gasteiger partial charge in [0.15, 0.2) is 0 Å². The van der Waals surface area contributed by atoms with Crippen LogP contribution in [0.5, 0.6) is 0 Å². The van der Waals surface area contributed by atoms with Crippen molar-refractivity contribution in [1.29, 1.82) is 0 Å². The van der Waals surface area contributed by atoms with Crippen molar-refractivity contribution in [3.05, 3.63) is 29.3 Å². The van der Waals surface area contributed by atoms with E-state index in [-0.39, 0.29) is 23.9 Å². The molecule has 1 aromatic rings. The van der Waals surface area contributed by atoms with Gasteiger partial charge in [-0.1, -0.05) is 32.0 Å². The lowest BCUT2D eigenvalue weighted by atomic mass is 10.0. The number of nitrogens with one attached hydrogen (secondary N) is 2. The van der Waals surface area contributed by atoms with E-state index < -0.39 is 6.04 Å². The first-order valence-electron chi connectivity index (χ1n) is 7.63. The van der Waals surface area contributed by atoms with Gasteiger partial charge in [0.1, 0.15) is 6.04 Å². The van der Waals surface area contributed by atoms with Crippen LogP contribution in [0.1, 0.15) is 31.4 Å². The zero-order valence-electron chi connectivity index (χ0n) is 12.7. The zero-order chi connectivity index (χ0) is 15.9. The molecule has 1 aromatic carbocycles. The Kier molecular flexibility index (Phi) is 4.40. The molecule has 6 heteroatoms. The SMILES string of the molecule is CC(C)N[C@H]1CCc2cccc3c2N(C1=O)[C@@H](C(=O)NI)C3. The summed E-state index contributed by atoms with van der Waals surface area (Å²) in [5, 5.41) is 3.35. The number of amides is 2. The molecule has 0 fully saturated rings. The highest BCUT2D eigenvalue weighted by atomic mass is 127. The number of nitrogens with zero attached hydrogens (tertiary/aromatic N) is 1. The number of benzene rings is 1. The minimum absolute atomic E-state index is 0.0161. The third-order valence-corrected chi connectivity index (χ3v) is 4.87. The largest absolute Gasteiger partial charge is 0.304 e. The van der Waals surface area contributed by atoms with Gasteiger partial charge in [0.25, 0.3) is 5.91 Å². The maximum absolute atomic E-state index is 13.0. The second-order valence-electron chi connectivity index (χ2n) is 6.22. The van der Waals surface area contributed by atoms with Gasteiger partial charge in [-0.2, -0.15) is 0 Å². The second kappa shape index (κ2) is 6.16. The summed E-state index contributed by atoms with van der Waals surface area (Å²) < 4.78 is 2.66. The molecule has 2 amide bonds.